The molecule has 4 heteroatoms. The summed E-state index contributed by atoms with van der Waals surface area (Å²) in [5, 5.41) is 9.12. The highest BCUT2D eigenvalue weighted by atomic mass is 32.2. The molecule has 1 aromatic heterocycles. The van der Waals surface area contributed by atoms with Gasteiger partial charge in [0.25, 0.3) is 0 Å². The fourth-order valence-corrected chi connectivity index (χ4v) is 2.95. The number of rotatable bonds is 7. The second kappa shape index (κ2) is 6.60. The van der Waals surface area contributed by atoms with Crippen LogP contribution in [0, 0.1) is 11.3 Å². The Hall–Kier alpha value is -0.510. The van der Waals surface area contributed by atoms with Gasteiger partial charge in [-0.05, 0) is 24.2 Å². The number of nitrogens with zero attached hydrogens (tertiary/aromatic N) is 3. The van der Waals surface area contributed by atoms with Crippen LogP contribution in [0.1, 0.15) is 53.7 Å². The van der Waals surface area contributed by atoms with E-state index in [9.17, 15) is 0 Å². The molecule has 0 saturated heterocycles. The van der Waals surface area contributed by atoms with Crippen molar-refractivity contribution in [2.75, 3.05) is 0 Å². The molecule has 0 fully saturated rings. The topological polar surface area (TPSA) is 30.7 Å². The van der Waals surface area contributed by atoms with Crippen molar-refractivity contribution in [3.8, 4) is 0 Å². The highest BCUT2D eigenvalue weighted by Crippen LogP contribution is 2.28. The van der Waals surface area contributed by atoms with Crippen molar-refractivity contribution in [1.82, 2.24) is 15.0 Å². The third-order valence-corrected chi connectivity index (χ3v) is 3.83. The van der Waals surface area contributed by atoms with Crippen molar-refractivity contribution in [2.45, 2.75) is 65.5 Å². The molecule has 0 N–H and O–H groups in total. The lowest BCUT2D eigenvalue weighted by Gasteiger charge is -2.25. The highest BCUT2D eigenvalue weighted by molar-refractivity contribution is 7.98. The van der Waals surface area contributed by atoms with Crippen LogP contribution in [0.25, 0.3) is 0 Å². The predicted molar refractivity (Wildman–Crippen MR) is 79.7 cm³/mol. The molecule has 0 spiro atoms. The van der Waals surface area contributed by atoms with Crippen molar-refractivity contribution in [3.05, 3.63) is 11.9 Å². The zero-order valence-electron chi connectivity index (χ0n) is 12.6. The average Bonchev–Trinajstić information content (AvgIpc) is 2.59. The van der Waals surface area contributed by atoms with Crippen LogP contribution in [0.4, 0.5) is 0 Å². The van der Waals surface area contributed by atoms with Gasteiger partial charge in [0, 0.05) is 11.4 Å². The van der Waals surface area contributed by atoms with E-state index in [-0.39, 0.29) is 0 Å². The largest absolute Gasteiger partial charge is 0.242 e. The molecular weight excluding hydrogens is 242 g/mol. The molecule has 0 bridgehead atoms. The van der Waals surface area contributed by atoms with Crippen molar-refractivity contribution >= 4 is 11.8 Å². The molecule has 1 aromatic rings. The first kappa shape index (κ1) is 15.5. The van der Waals surface area contributed by atoms with Gasteiger partial charge < -0.3 is 0 Å². The molecule has 0 aliphatic heterocycles. The summed E-state index contributed by atoms with van der Waals surface area (Å²) in [6, 6.07) is 0. The maximum Gasteiger partial charge on any atom is 0.0883 e. The maximum absolute atomic E-state index is 4.29. The number of hydrogen-bond acceptors (Lipinski definition) is 3. The Kier molecular flexibility index (Phi) is 5.70. The van der Waals surface area contributed by atoms with Gasteiger partial charge in [-0.2, -0.15) is 0 Å². The third-order valence-electron chi connectivity index (χ3n) is 2.75. The lowest BCUT2D eigenvalue weighted by atomic mass is 9.80. The van der Waals surface area contributed by atoms with Crippen LogP contribution < -0.4 is 0 Å². The van der Waals surface area contributed by atoms with Crippen LogP contribution in [0.2, 0.25) is 0 Å². The van der Waals surface area contributed by atoms with Gasteiger partial charge in [0.05, 0.1) is 11.6 Å². The molecule has 0 saturated carbocycles. The van der Waals surface area contributed by atoms with Gasteiger partial charge >= 0.3 is 0 Å². The van der Waals surface area contributed by atoms with E-state index in [2.05, 4.69) is 58.1 Å². The Morgan fingerprint density at radius 1 is 1.28 bits per heavy atom. The Labute approximate surface area is 116 Å². The van der Waals surface area contributed by atoms with Crippen LogP contribution in [0.5, 0.6) is 0 Å². The molecule has 0 atom stereocenters. The van der Waals surface area contributed by atoms with Gasteiger partial charge in [0.2, 0.25) is 0 Å². The summed E-state index contributed by atoms with van der Waals surface area (Å²) in [4.78, 5) is 0. The summed E-state index contributed by atoms with van der Waals surface area (Å²) in [6.45, 7) is 13.6. The second-order valence-corrected chi connectivity index (χ2v) is 8.07. The monoisotopic (exact) mass is 269 g/mol. The molecule has 1 rings (SSSR count). The van der Waals surface area contributed by atoms with Crippen molar-refractivity contribution in [2.24, 2.45) is 11.3 Å². The molecule has 1 heterocycles. The first-order valence-electron chi connectivity index (χ1n) is 6.79. The van der Waals surface area contributed by atoms with Gasteiger partial charge in [-0.15, -0.1) is 16.9 Å². The summed E-state index contributed by atoms with van der Waals surface area (Å²) >= 11 is 1.89. The molecule has 0 unspecified atom stereocenters. The van der Waals surface area contributed by atoms with Crippen molar-refractivity contribution in [3.63, 3.8) is 0 Å². The lowest BCUT2D eigenvalue weighted by molar-refractivity contribution is 0.283. The van der Waals surface area contributed by atoms with Gasteiger partial charge in [0.1, 0.15) is 0 Å². The van der Waals surface area contributed by atoms with E-state index in [1.807, 2.05) is 16.4 Å². The Morgan fingerprint density at radius 2 is 1.94 bits per heavy atom. The van der Waals surface area contributed by atoms with Gasteiger partial charge in [-0.25, -0.2) is 4.68 Å². The smallest absolute Gasteiger partial charge is 0.0883 e. The third kappa shape index (κ3) is 5.89. The van der Waals surface area contributed by atoms with Crippen LogP contribution in [0.15, 0.2) is 6.20 Å². The minimum atomic E-state index is 0.306. The Bertz CT molecular complexity index is 356. The number of hydrogen-bond donors (Lipinski definition) is 0. The minimum Gasteiger partial charge on any atom is -0.242 e. The molecule has 0 amide bonds. The van der Waals surface area contributed by atoms with E-state index in [1.54, 1.807) is 0 Å². The van der Waals surface area contributed by atoms with Gasteiger partial charge in [-0.1, -0.05) is 46.8 Å². The summed E-state index contributed by atoms with van der Waals surface area (Å²) in [6.07, 6.45) is 4.33. The first-order valence-corrected chi connectivity index (χ1v) is 7.84. The Morgan fingerprint density at radius 3 is 2.50 bits per heavy atom. The molecule has 0 aliphatic rings. The predicted octanol–water partition coefficient (Wildman–Crippen LogP) is 3.99. The molecule has 0 aromatic carbocycles. The van der Waals surface area contributed by atoms with E-state index >= 15 is 0 Å². The van der Waals surface area contributed by atoms with Gasteiger partial charge in [0.15, 0.2) is 0 Å². The van der Waals surface area contributed by atoms with E-state index in [4.69, 9.17) is 0 Å². The van der Waals surface area contributed by atoms with Crippen LogP contribution in [-0.2, 0) is 12.3 Å². The van der Waals surface area contributed by atoms with E-state index < -0.39 is 0 Å². The molecule has 104 valence electrons. The van der Waals surface area contributed by atoms with E-state index in [1.165, 1.54) is 6.42 Å². The standard InChI is InChI=1S/C14H27N3S/c1-11(2)7-14(5,6)8-13-9-17(16-15-13)10-18-12(3)4/h9,11-12H,7-8,10H2,1-6H3. The number of thioether (sulfide) groups is 1. The molecule has 3 nitrogen and oxygen atoms in total. The first-order chi connectivity index (χ1) is 8.28. The van der Waals surface area contributed by atoms with Gasteiger partial charge in [-0.3, -0.25) is 0 Å². The van der Waals surface area contributed by atoms with Crippen LogP contribution in [-0.4, -0.2) is 20.2 Å². The Balaban J connectivity index is 2.52. The fraction of sp³-hybridized carbons (Fsp3) is 0.857. The molecule has 0 radical (unpaired) electrons. The zero-order valence-corrected chi connectivity index (χ0v) is 13.4. The minimum absolute atomic E-state index is 0.306. The quantitative estimate of drug-likeness (QED) is 0.750. The average molecular weight is 269 g/mol. The van der Waals surface area contributed by atoms with Crippen molar-refractivity contribution < 1.29 is 0 Å². The second-order valence-electron chi connectivity index (χ2n) is 6.53. The zero-order chi connectivity index (χ0) is 13.8. The fourth-order valence-electron chi connectivity index (χ4n) is 2.38. The highest BCUT2D eigenvalue weighted by Gasteiger charge is 2.21. The molecular formula is C14H27N3S. The van der Waals surface area contributed by atoms with Crippen LogP contribution in [0.3, 0.4) is 0 Å². The normalized spacial score (nSPS) is 12.7. The van der Waals surface area contributed by atoms with Crippen LogP contribution >= 0.6 is 11.8 Å². The lowest BCUT2D eigenvalue weighted by Crippen LogP contribution is -2.17. The van der Waals surface area contributed by atoms with Crippen molar-refractivity contribution in [1.29, 1.82) is 0 Å². The SMILES string of the molecule is CC(C)CC(C)(C)Cc1cn(CSC(C)C)nn1. The molecule has 0 aliphatic carbocycles. The summed E-state index contributed by atoms with van der Waals surface area (Å²) in [5.41, 5.74) is 1.42. The molecule has 18 heavy (non-hydrogen) atoms. The summed E-state index contributed by atoms with van der Waals surface area (Å²) in [5.74, 6) is 1.63. The van der Waals surface area contributed by atoms with E-state index in [0.29, 0.717) is 10.7 Å². The summed E-state index contributed by atoms with van der Waals surface area (Å²) in [7, 11) is 0. The summed E-state index contributed by atoms with van der Waals surface area (Å²) < 4.78 is 1.95. The van der Waals surface area contributed by atoms with E-state index in [0.717, 1.165) is 23.9 Å². The number of aromatic nitrogens is 3. The maximum atomic E-state index is 4.29.